The summed E-state index contributed by atoms with van der Waals surface area (Å²) in [7, 11) is 1.51. The van der Waals surface area contributed by atoms with E-state index < -0.39 is 5.69 Å². The minimum absolute atomic E-state index is 0.0955. The minimum Gasteiger partial charge on any atom is -0.504 e. The fourth-order valence-corrected chi connectivity index (χ4v) is 1.64. The van der Waals surface area contributed by atoms with E-state index >= 15 is 0 Å². The van der Waals surface area contributed by atoms with Gasteiger partial charge in [-0.25, -0.2) is 10.6 Å². The molecule has 0 atom stereocenters. The van der Waals surface area contributed by atoms with Crippen LogP contribution in [0.1, 0.15) is 6.92 Å². The summed E-state index contributed by atoms with van der Waals surface area (Å²) in [6, 6.07) is 4.16. The predicted molar refractivity (Wildman–Crippen MR) is 73.2 cm³/mol. The Morgan fingerprint density at radius 2 is 2.00 bits per heavy atom. The molecule has 0 amide bonds. The monoisotopic (exact) mass is 277 g/mol. The highest BCUT2D eigenvalue weighted by atomic mass is 16.3. The number of aromatic hydroxyl groups is 2. The fraction of sp³-hybridized carbons (Fsp3) is 0.250. The second-order valence-corrected chi connectivity index (χ2v) is 4.18. The normalized spacial score (nSPS) is 10.6. The number of nitrogens with two attached hydrogens (primary N) is 1. The molecule has 0 aliphatic carbocycles. The first kappa shape index (κ1) is 13.8. The topological polar surface area (TPSA) is 117 Å². The molecule has 0 radical (unpaired) electrons. The van der Waals surface area contributed by atoms with Crippen molar-refractivity contribution >= 4 is 5.95 Å². The third-order valence-corrected chi connectivity index (χ3v) is 2.84. The molecule has 0 spiro atoms. The number of hydrogen-bond donors (Lipinski definition) is 3. The average molecular weight is 277 g/mol. The molecule has 0 aliphatic rings. The smallest absolute Gasteiger partial charge is 0.352 e. The van der Waals surface area contributed by atoms with E-state index in [1.165, 1.54) is 34.8 Å². The van der Waals surface area contributed by atoms with Crippen molar-refractivity contribution in [3.63, 3.8) is 0 Å². The van der Waals surface area contributed by atoms with Gasteiger partial charge in [-0.05, 0) is 25.1 Å². The van der Waals surface area contributed by atoms with Gasteiger partial charge in [0.25, 0.3) is 0 Å². The largest absolute Gasteiger partial charge is 0.504 e. The third kappa shape index (κ3) is 2.41. The first-order valence-electron chi connectivity index (χ1n) is 5.93. The molecule has 0 saturated carbocycles. The maximum atomic E-state index is 11.8. The first-order chi connectivity index (χ1) is 9.43. The molecular weight excluding hydrogens is 262 g/mol. The lowest BCUT2D eigenvalue weighted by Crippen LogP contribution is -2.36. The van der Waals surface area contributed by atoms with Crippen LogP contribution < -0.4 is 16.5 Å². The maximum absolute atomic E-state index is 11.8. The van der Waals surface area contributed by atoms with Gasteiger partial charge in [-0.15, -0.1) is 0 Å². The van der Waals surface area contributed by atoms with Gasteiger partial charge in [0.05, 0.1) is 0 Å². The highest BCUT2D eigenvalue weighted by Crippen LogP contribution is 2.29. The van der Waals surface area contributed by atoms with Gasteiger partial charge < -0.3 is 10.2 Å². The van der Waals surface area contributed by atoms with Crippen LogP contribution in [0.2, 0.25) is 0 Å². The Kier molecular flexibility index (Phi) is 3.57. The van der Waals surface area contributed by atoms with Crippen molar-refractivity contribution in [3.05, 3.63) is 28.7 Å². The first-order valence-corrected chi connectivity index (χ1v) is 5.93. The van der Waals surface area contributed by atoms with Crippen molar-refractivity contribution < 1.29 is 10.2 Å². The number of phenolic OH excluding ortho intramolecular Hbond substituents is 2. The maximum Gasteiger partial charge on any atom is 0.352 e. The van der Waals surface area contributed by atoms with Gasteiger partial charge in [0, 0.05) is 19.2 Å². The Hall–Kier alpha value is -2.61. The number of aromatic nitrogens is 3. The number of phenols is 2. The molecule has 0 aliphatic heterocycles. The lowest BCUT2D eigenvalue weighted by molar-refractivity contribution is 0.404. The summed E-state index contributed by atoms with van der Waals surface area (Å²) < 4.78 is 1.23. The van der Waals surface area contributed by atoms with Crippen LogP contribution in [0.25, 0.3) is 11.4 Å². The average Bonchev–Trinajstić information content (AvgIpc) is 2.44. The van der Waals surface area contributed by atoms with E-state index in [-0.39, 0.29) is 17.4 Å². The van der Waals surface area contributed by atoms with Crippen molar-refractivity contribution in [1.82, 2.24) is 14.5 Å². The fourth-order valence-electron chi connectivity index (χ4n) is 1.64. The van der Waals surface area contributed by atoms with Crippen LogP contribution in [0.3, 0.4) is 0 Å². The van der Waals surface area contributed by atoms with Gasteiger partial charge in [-0.1, -0.05) is 0 Å². The van der Waals surface area contributed by atoms with Gasteiger partial charge in [0.15, 0.2) is 11.5 Å². The number of benzene rings is 1. The summed E-state index contributed by atoms with van der Waals surface area (Å²) in [5.41, 5.74) is -0.0467. The van der Waals surface area contributed by atoms with E-state index in [1.807, 2.05) is 0 Å². The second-order valence-electron chi connectivity index (χ2n) is 4.18. The summed E-state index contributed by atoms with van der Waals surface area (Å²) in [4.78, 5) is 19.8. The van der Waals surface area contributed by atoms with Crippen molar-refractivity contribution in [2.75, 3.05) is 11.6 Å². The van der Waals surface area contributed by atoms with Gasteiger partial charge in [-0.2, -0.15) is 9.97 Å². The molecule has 20 heavy (non-hydrogen) atoms. The van der Waals surface area contributed by atoms with Crippen LogP contribution in [-0.2, 0) is 7.05 Å². The van der Waals surface area contributed by atoms with Crippen LogP contribution in [0.5, 0.6) is 11.5 Å². The number of hydrogen-bond acceptors (Lipinski definition) is 7. The van der Waals surface area contributed by atoms with Gasteiger partial charge in [-0.3, -0.25) is 9.58 Å². The van der Waals surface area contributed by atoms with E-state index in [0.29, 0.717) is 17.9 Å². The lowest BCUT2D eigenvalue weighted by atomic mass is 10.2. The molecule has 1 aromatic heterocycles. The van der Waals surface area contributed by atoms with Crippen molar-refractivity contribution in [2.24, 2.45) is 12.9 Å². The summed E-state index contributed by atoms with van der Waals surface area (Å²) >= 11 is 0. The molecule has 8 heteroatoms. The number of hydrazine groups is 1. The zero-order chi connectivity index (χ0) is 14.9. The summed E-state index contributed by atoms with van der Waals surface area (Å²) in [5, 5.41) is 20.1. The standard InChI is InChI=1S/C12H15N5O3/c1-3-17(13)11-14-10(16(2)12(20)15-11)7-4-5-8(18)9(19)6-7/h4-6,18-19H,3,13H2,1-2H3. The minimum atomic E-state index is -0.513. The van der Waals surface area contributed by atoms with E-state index in [1.54, 1.807) is 6.92 Å². The van der Waals surface area contributed by atoms with E-state index in [2.05, 4.69) is 9.97 Å². The Labute approximate surface area is 114 Å². The van der Waals surface area contributed by atoms with Crippen molar-refractivity contribution in [2.45, 2.75) is 6.92 Å². The molecule has 8 nitrogen and oxygen atoms in total. The third-order valence-electron chi connectivity index (χ3n) is 2.84. The number of rotatable bonds is 3. The van der Waals surface area contributed by atoms with Crippen LogP contribution in [0, 0.1) is 0 Å². The molecule has 0 saturated heterocycles. The van der Waals surface area contributed by atoms with Crippen LogP contribution >= 0.6 is 0 Å². The number of nitrogens with zero attached hydrogens (tertiary/aromatic N) is 4. The molecule has 2 rings (SSSR count). The molecule has 1 heterocycles. The summed E-state index contributed by atoms with van der Waals surface area (Å²) in [6.07, 6.45) is 0. The summed E-state index contributed by atoms with van der Waals surface area (Å²) in [6.45, 7) is 2.24. The Morgan fingerprint density at radius 1 is 1.30 bits per heavy atom. The van der Waals surface area contributed by atoms with Gasteiger partial charge >= 0.3 is 5.69 Å². The van der Waals surface area contributed by atoms with Crippen molar-refractivity contribution in [3.8, 4) is 22.9 Å². The van der Waals surface area contributed by atoms with Crippen molar-refractivity contribution in [1.29, 1.82) is 0 Å². The lowest BCUT2D eigenvalue weighted by Gasteiger charge is -2.15. The quantitative estimate of drug-likeness (QED) is 0.409. The predicted octanol–water partition coefficient (Wildman–Crippen LogP) is -0.0465. The SMILES string of the molecule is CCN(N)c1nc(-c2ccc(O)c(O)c2)n(C)c(=O)n1. The van der Waals surface area contributed by atoms with Crippen LogP contribution in [0.4, 0.5) is 5.95 Å². The van der Waals surface area contributed by atoms with Gasteiger partial charge in [0.2, 0.25) is 5.95 Å². The highest BCUT2D eigenvalue weighted by molar-refractivity contribution is 5.61. The van der Waals surface area contributed by atoms with E-state index in [9.17, 15) is 15.0 Å². The van der Waals surface area contributed by atoms with Gasteiger partial charge in [0.1, 0.15) is 5.82 Å². The second kappa shape index (κ2) is 5.17. The zero-order valence-corrected chi connectivity index (χ0v) is 11.1. The molecule has 0 unspecified atom stereocenters. The van der Waals surface area contributed by atoms with E-state index in [0.717, 1.165) is 0 Å². The molecule has 4 N–H and O–H groups in total. The molecule has 0 bridgehead atoms. The molecular formula is C12H15N5O3. The number of anilines is 1. The van der Waals surface area contributed by atoms with Crippen LogP contribution in [0.15, 0.2) is 23.0 Å². The molecule has 106 valence electrons. The Bertz CT molecular complexity index is 698. The molecule has 0 fully saturated rings. The molecule has 2 aromatic rings. The molecule has 1 aromatic carbocycles. The Balaban J connectivity index is 2.63. The highest BCUT2D eigenvalue weighted by Gasteiger charge is 2.13. The van der Waals surface area contributed by atoms with Crippen LogP contribution in [-0.4, -0.2) is 31.3 Å². The van der Waals surface area contributed by atoms with E-state index in [4.69, 9.17) is 5.84 Å². The Morgan fingerprint density at radius 3 is 2.60 bits per heavy atom. The summed E-state index contributed by atoms with van der Waals surface area (Å²) in [5.74, 6) is 5.53. The zero-order valence-electron chi connectivity index (χ0n) is 11.1.